The first kappa shape index (κ1) is 14.9. The van der Waals surface area contributed by atoms with E-state index in [1.807, 2.05) is 36.4 Å². The van der Waals surface area contributed by atoms with Crippen LogP contribution in [0.15, 0.2) is 54.6 Å². The Bertz CT molecular complexity index is 610. The Kier molecular flexibility index (Phi) is 5.16. The van der Waals surface area contributed by atoms with Crippen molar-refractivity contribution in [3.05, 3.63) is 65.7 Å². The fraction of sp³-hybridized carbons (Fsp3) is 0.167. The van der Waals surface area contributed by atoms with Gasteiger partial charge in [-0.15, -0.1) is 0 Å². The molecule has 2 rings (SSSR count). The van der Waals surface area contributed by atoms with Gasteiger partial charge in [0.2, 0.25) is 0 Å². The quantitative estimate of drug-likeness (QED) is 0.792. The summed E-state index contributed by atoms with van der Waals surface area (Å²) in [7, 11) is 0. The average Bonchev–Trinajstić information content (AvgIpc) is 2.49. The number of aryl methyl sites for hydroxylation is 1. The van der Waals surface area contributed by atoms with Gasteiger partial charge in [-0.05, 0) is 47.9 Å². The SMILES string of the molecule is CCCc1ccc(Oc2ccc(C=CC(=O)O)cc2)cc1. The van der Waals surface area contributed by atoms with E-state index in [9.17, 15) is 4.79 Å². The molecule has 3 heteroatoms. The Labute approximate surface area is 124 Å². The summed E-state index contributed by atoms with van der Waals surface area (Å²) in [5.41, 5.74) is 2.13. The maximum atomic E-state index is 10.4. The van der Waals surface area contributed by atoms with Gasteiger partial charge in [0.25, 0.3) is 0 Å². The third-order valence-electron chi connectivity index (χ3n) is 3.00. The molecule has 0 atom stereocenters. The molecule has 0 fully saturated rings. The summed E-state index contributed by atoms with van der Waals surface area (Å²) in [4.78, 5) is 10.4. The average molecular weight is 282 g/mol. The molecule has 0 aliphatic heterocycles. The van der Waals surface area contributed by atoms with Crippen LogP contribution in [0.3, 0.4) is 0 Å². The number of carboxylic acid groups (broad SMARTS) is 1. The second-order valence-corrected chi connectivity index (χ2v) is 4.74. The van der Waals surface area contributed by atoms with Gasteiger partial charge < -0.3 is 9.84 Å². The monoisotopic (exact) mass is 282 g/mol. The highest BCUT2D eigenvalue weighted by atomic mass is 16.5. The summed E-state index contributed by atoms with van der Waals surface area (Å²) >= 11 is 0. The first-order chi connectivity index (χ1) is 10.2. The molecule has 108 valence electrons. The third kappa shape index (κ3) is 4.80. The van der Waals surface area contributed by atoms with Crippen LogP contribution in [0.4, 0.5) is 0 Å². The van der Waals surface area contributed by atoms with E-state index >= 15 is 0 Å². The first-order valence-electron chi connectivity index (χ1n) is 6.95. The normalized spacial score (nSPS) is 10.7. The minimum Gasteiger partial charge on any atom is -0.478 e. The van der Waals surface area contributed by atoms with E-state index in [-0.39, 0.29) is 0 Å². The topological polar surface area (TPSA) is 46.5 Å². The molecule has 0 heterocycles. The molecular formula is C18H18O3. The molecule has 0 saturated heterocycles. The van der Waals surface area contributed by atoms with E-state index in [1.165, 1.54) is 5.56 Å². The van der Waals surface area contributed by atoms with Gasteiger partial charge in [-0.1, -0.05) is 37.6 Å². The van der Waals surface area contributed by atoms with Crippen molar-refractivity contribution in [2.45, 2.75) is 19.8 Å². The van der Waals surface area contributed by atoms with Crippen molar-refractivity contribution in [1.82, 2.24) is 0 Å². The molecule has 2 aromatic carbocycles. The third-order valence-corrected chi connectivity index (χ3v) is 3.00. The van der Waals surface area contributed by atoms with E-state index in [2.05, 4.69) is 19.1 Å². The molecule has 2 aromatic rings. The fourth-order valence-electron chi connectivity index (χ4n) is 1.96. The number of carboxylic acids is 1. The number of ether oxygens (including phenoxy) is 1. The molecule has 21 heavy (non-hydrogen) atoms. The maximum absolute atomic E-state index is 10.4. The number of hydrogen-bond donors (Lipinski definition) is 1. The minimum absolute atomic E-state index is 0.728. The Balaban J connectivity index is 2.01. The number of benzene rings is 2. The Morgan fingerprint density at radius 2 is 1.62 bits per heavy atom. The summed E-state index contributed by atoms with van der Waals surface area (Å²) in [6.07, 6.45) is 4.87. The fourth-order valence-corrected chi connectivity index (χ4v) is 1.96. The standard InChI is InChI=1S/C18H18O3/c1-2-3-14-4-9-16(10-5-14)21-17-11-6-15(7-12-17)8-13-18(19)20/h4-13H,2-3H2,1H3,(H,19,20). The lowest BCUT2D eigenvalue weighted by Crippen LogP contribution is -1.87. The lowest BCUT2D eigenvalue weighted by molar-refractivity contribution is -0.131. The highest BCUT2D eigenvalue weighted by molar-refractivity contribution is 5.85. The van der Waals surface area contributed by atoms with Gasteiger partial charge in [0.1, 0.15) is 11.5 Å². The molecule has 0 bridgehead atoms. The van der Waals surface area contributed by atoms with Gasteiger partial charge in [0.05, 0.1) is 0 Å². The number of rotatable bonds is 6. The van der Waals surface area contributed by atoms with Crippen molar-refractivity contribution in [1.29, 1.82) is 0 Å². The van der Waals surface area contributed by atoms with Gasteiger partial charge in [-0.3, -0.25) is 0 Å². The van der Waals surface area contributed by atoms with Crippen LogP contribution in [0.5, 0.6) is 11.5 Å². The number of carbonyl (C=O) groups is 1. The van der Waals surface area contributed by atoms with Gasteiger partial charge in [0.15, 0.2) is 0 Å². The molecule has 0 aromatic heterocycles. The predicted octanol–water partition coefficient (Wildman–Crippen LogP) is 4.53. The second kappa shape index (κ2) is 7.29. The second-order valence-electron chi connectivity index (χ2n) is 4.74. The van der Waals surface area contributed by atoms with Crippen molar-refractivity contribution in [3.63, 3.8) is 0 Å². The van der Waals surface area contributed by atoms with Crippen LogP contribution in [0.25, 0.3) is 6.08 Å². The molecule has 0 spiro atoms. The molecule has 0 amide bonds. The Morgan fingerprint density at radius 1 is 1.05 bits per heavy atom. The molecule has 1 N–H and O–H groups in total. The highest BCUT2D eigenvalue weighted by Crippen LogP contribution is 2.22. The molecule has 0 radical (unpaired) electrons. The van der Waals surface area contributed by atoms with Gasteiger partial charge in [0, 0.05) is 6.08 Å². The van der Waals surface area contributed by atoms with Crippen molar-refractivity contribution in [2.24, 2.45) is 0 Å². The molecule has 3 nitrogen and oxygen atoms in total. The summed E-state index contributed by atoms with van der Waals surface area (Å²) in [5, 5.41) is 8.57. The number of hydrogen-bond acceptors (Lipinski definition) is 2. The van der Waals surface area contributed by atoms with Crippen LogP contribution < -0.4 is 4.74 Å². The molecule has 0 saturated carbocycles. The lowest BCUT2D eigenvalue weighted by Gasteiger charge is -2.07. The van der Waals surface area contributed by atoms with Crippen LogP contribution in [-0.2, 0) is 11.2 Å². The maximum Gasteiger partial charge on any atom is 0.328 e. The lowest BCUT2D eigenvalue weighted by atomic mass is 10.1. The summed E-state index contributed by atoms with van der Waals surface area (Å²) in [6, 6.07) is 15.3. The first-order valence-corrected chi connectivity index (χ1v) is 6.95. The Morgan fingerprint density at radius 3 is 2.14 bits per heavy atom. The number of aliphatic carboxylic acids is 1. The van der Waals surface area contributed by atoms with E-state index in [0.717, 1.165) is 36.0 Å². The zero-order valence-electron chi connectivity index (χ0n) is 12.0. The summed E-state index contributed by atoms with van der Waals surface area (Å²) in [6.45, 7) is 2.16. The molecular weight excluding hydrogens is 264 g/mol. The zero-order chi connectivity index (χ0) is 15.1. The van der Waals surface area contributed by atoms with Gasteiger partial charge >= 0.3 is 5.97 Å². The minimum atomic E-state index is -0.956. The van der Waals surface area contributed by atoms with Crippen molar-refractivity contribution < 1.29 is 14.6 Å². The Hall–Kier alpha value is -2.55. The van der Waals surface area contributed by atoms with Gasteiger partial charge in [-0.2, -0.15) is 0 Å². The van der Waals surface area contributed by atoms with Crippen LogP contribution in [-0.4, -0.2) is 11.1 Å². The van der Waals surface area contributed by atoms with Crippen LogP contribution >= 0.6 is 0 Å². The molecule has 0 aliphatic carbocycles. The van der Waals surface area contributed by atoms with Crippen LogP contribution in [0.1, 0.15) is 24.5 Å². The zero-order valence-corrected chi connectivity index (χ0v) is 12.0. The van der Waals surface area contributed by atoms with Crippen molar-refractivity contribution in [2.75, 3.05) is 0 Å². The smallest absolute Gasteiger partial charge is 0.328 e. The summed E-state index contributed by atoms with van der Waals surface area (Å²) < 4.78 is 5.75. The highest BCUT2D eigenvalue weighted by Gasteiger charge is 1.98. The van der Waals surface area contributed by atoms with Gasteiger partial charge in [-0.25, -0.2) is 4.79 Å². The van der Waals surface area contributed by atoms with Crippen LogP contribution in [0.2, 0.25) is 0 Å². The van der Waals surface area contributed by atoms with Crippen molar-refractivity contribution >= 4 is 12.0 Å². The predicted molar refractivity (Wildman–Crippen MR) is 83.6 cm³/mol. The van der Waals surface area contributed by atoms with Crippen LogP contribution in [0, 0.1) is 0 Å². The summed E-state index contributed by atoms with van der Waals surface area (Å²) in [5.74, 6) is 0.567. The van der Waals surface area contributed by atoms with E-state index in [0.29, 0.717) is 0 Å². The molecule has 0 aliphatic rings. The van der Waals surface area contributed by atoms with Crippen molar-refractivity contribution in [3.8, 4) is 11.5 Å². The molecule has 0 unspecified atom stereocenters. The van der Waals surface area contributed by atoms with E-state index in [1.54, 1.807) is 6.08 Å². The van der Waals surface area contributed by atoms with E-state index < -0.39 is 5.97 Å². The van der Waals surface area contributed by atoms with E-state index in [4.69, 9.17) is 9.84 Å². The largest absolute Gasteiger partial charge is 0.478 e.